The van der Waals surface area contributed by atoms with Gasteiger partial charge in [0, 0.05) is 23.4 Å². The predicted molar refractivity (Wildman–Crippen MR) is 80.8 cm³/mol. The molecule has 1 saturated heterocycles. The van der Waals surface area contributed by atoms with E-state index in [9.17, 15) is 21.9 Å². The number of hydrogen-bond acceptors (Lipinski definition) is 5. The van der Waals surface area contributed by atoms with Crippen LogP contribution in [0.15, 0.2) is 22.7 Å². The number of carbonyl (C=O) groups is 2. The molecule has 0 bridgehead atoms. The smallest absolute Gasteiger partial charge is 0.339 e. The summed E-state index contributed by atoms with van der Waals surface area (Å²) in [5, 5.41) is 0. The zero-order valence-electron chi connectivity index (χ0n) is 11.6. The topological polar surface area (TPSA) is 80.8 Å². The highest BCUT2D eigenvalue weighted by Gasteiger charge is 2.35. The van der Waals surface area contributed by atoms with E-state index in [1.165, 1.54) is 18.1 Å². The third kappa shape index (κ3) is 3.83. The lowest BCUT2D eigenvalue weighted by atomic mass is 10.1. The van der Waals surface area contributed by atoms with E-state index < -0.39 is 27.9 Å². The van der Waals surface area contributed by atoms with Crippen LogP contribution in [-0.2, 0) is 19.8 Å². The van der Waals surface area contributed by atoms with Gasteiger partial charge in [-0.3, -0.25) is 4.79 Å². The first kappa shape index (κ1) is 16.9. The maximum atomic E-state index is 12.8. The number of methoxy groups -OCH3 is 1. The van der Waals surface area contributed by atoms with Crippen molar-refractivity contribution < 1.29 is 26.6 Å². The summed E-state index contributed by atoms with van der Waals surface area (Å²) in [6.07, 6.45) is -0.0870. The second kappa shape index (κ2) is 6.33. The van der Waals surface area contributed by atoms with Crippen LogP contribution in [0.2, 0.25) is 0 Å². The molecule has 1 atom stereocenters. The Morgan fingerprint density at radius 2 is 2.18 bits per heavy atom. The average molecular weight is 394 g/mol. The minimum Gasteiger partial charge on any atom is -0.465 e. The molecular formula is C13H13BrFNO5S. The van der Waals surface area contributed by atoms with Crippen LogP contribution in [0.25, 0.3) is 0 Å². The summed E-state index contributed by atoms with van der Waals surface area (Å²) < 4.78 is 39.6. The molecule has 2 rings (SSSR count). The van der Waals surface area contributed by atoms with Crippen molar-refractivity contribution in [3.63, 3.8) is 0 Å². The first-order valence-electron chi connectivity index (χ1n) is 6.32. The molecule has 22 heavy (non-hydrogen) atoms. The molecule has 1 aliphatic heterocycles. The second-order valence-electron chi connectivity index (χ2n) is 4.93. The highest BCUT2D eigenvalue weighted by Crippen LogP contribution is 2.31. The Kier molecular flexibility index (Phi) is 4.86. The van der Waals surface area contributed by atoms with E-state index in [4.69, 9.17) is 0 Å². The van der Waals surface area contributed by atoms with Crippen LogP contribution >= 0.6 is 15.9 Å². The number of nitrogens with zero attached hydrogens (tertiary/aromatic N) is 1. The van der Waals surface area contributed by atoms with Gasteiger partial charge in [-0.2, -0.15) is 8.42 Å². The van der Waals surface area contributed by atoms with Crippen LogP contribution in [0.5, 0.6) is 0 Å². The number of amides is 1. The van der Waals surface area contributed by atoms with Crippen molar-refractivity contribution in [2.75, 3.05) is 24.3 Å². The van der Waals surface area contributed by atoms with Crippen molar-refractivity contribution in [2.45, 2.75) is 6.42 Å². The number of anilines is 1. The van der Waals surface area contributed by atoms with Crippen molar-refractivity contribution in [3.8, 4) is 0 Å². The van der Waals surface area contributed by atoms with E-state index >= 15 is 0 Å². The third-order valence-corrected chi connectivity index (χ3v) is 4.66. The maximum absolute atomic E-state index is 12.8. The predicted octanol–water partition coefficient (Wildman–Crippen LogP) is 1.89. The van der Waals surface area contributed by atoms with Crippen LogP contribution < -0.4 is 4.90 Å². The Hall–Kier alpha value is -1.48. The number of esters is 1. The second-order valence-corrected chi connectivity index (χ2v) is 7.26. The van der Waals surface area contributed by atoms with Crippen LogP contribution in [0.1, 0.15) is 16.8 Å². The molecule has 0 spiro atoms. The van der Waals surface area contributed by atoms with E-state index in [-0.39, 0.29) is 24.4 Å². The summed E-state index contributed by atoms with van der Waals surface area (Å²) >= 11 is 3.25. The van der Waals surface area contributed by atoms with Crippen LogP contribution in [0.3, 0.4) is 0 Å². The summed E-state index contributed by atoms with van der Waals surface area (Å²) in [5.41, 5.74) is 0.493. The highest BCUT2D eigenvalue weighted by molar-refractivity contribution is 9.10. The van der Waals surface area contributed by atoms with Gasteiger partial charge in [0.1, 0.15) is 0 Å². The Morgan fingerprint density at radius 1 is 1.50 bits per heavy atom. The van der Waals surface area contributed by atoms with Gasteiger partial charge in [0.05, 0.1) is 24.1 Å². The summed E-state index contributed by atoms with van der Waals surface area (Å²) in [6, 6.07) is 4.69. The van der Waals surface area contributed by atoms with Gasteiger partial charge < -0.3 is 9.64 Å². The fourth-order valence-electron chi connectivity index (χ4n) is 2.42. The average Bonchev–Trinajstić information content (AvgIpc) is 2.76. The van der Waals surface area contributed by atoms with E-state index in [1.807, 2.05) is 0 Å². The number of carbonyl (C=O) groups excluding carboxylic acids is 2. The van der Waals surface area contributed by atoms with Crippen LogP contribution in [0, 0.1) is 5.92 Å². The summed E-state index contributed by atoms with van der Waals surface area (Å²) in [6.45, 7) is 0.0302. The largest absolute Gasteiger partial charge is 0.465 e. The Morgan fingerprint density at radius 3 is 2.77 bits per heavy atom. The highest BCUT2D eigenvalue weighted by atomic mass is 79.9. The molecule has 1 amide bonds. The lowest BCUT2D eigenvalue weighted by molar-refractivity contribution is -0.117. The molecule has 1 aliphatic rings. The summed E-state index contributed by atoms with van der Waals surface area (Å²) in [5.74, 6) is -2.34. The molecule has 1 unspecified atom stereocenters. The van der Waals surface area contributed by atoms with E-state index in [0.717, 1.165) is 0 Å². The molecule has 0 aliphatic carbocycles. The standard InChI is InChI=1S/C13H13BrFNO5S/c1-21-13(18)10-3-2-9(14)5-11(10)16-6-8(4-12(16)17)7-22(15,19)20/h2-3,5,8H,4,6-7H2,1H3. The van der Waals surface area contributed by atoms with Crippen molar-refractivity contribution in [3.05, 3.63) is 28.2 Å². The summed E-state index contributed by atoms with van der Waals surface area (Å²) in [7, 11) is -3.43. The normalized spacial score (nSPS) is 18.6. The van der Waals surface area contributed by atoms with E-state index in [0.29, 0.717) is 10.2 Å². The van der Waals surface area contributed by atoms with Gasteiger partial charge in [0.2, 0.25) is 5.91 Å². The lowest BCUT2D eigenvalue weighted by Crippen LogP contribution is -2.27. The molecule has 1 aromatic carbocycles. The molecule has 120 valence electrons. The Labute approximate surface area is 135 Å². The molecule has 0 saturated carbocycles. The SMILES string of the molecule is COC(=O)c1ccc(Br)cc1N1CC(CS(=O)(=O)F)CC1=O. The number of benzene rings is 1. The first-order valence-corrected chi connectivity index (χ1v) is 8.66. The molecule has 9 heteroatoms. The molecule has 1 aromatic rings. The number of rotatable bonds is 4. The van der Waals surface area contributed by atoms with Gasteiger partial charge in [-0.1, -0.05) is 15.9 Å². The van der Waals surface area contributed by atoms with E-state index in [1.54, 1.807) is 12.1 Å². The maximum Gasteiger partial charge on any atom is 0.339 e. The molecular weight excluding hydrogens is 381 g/mol. The molecule has 0 N–H and O–H groups in total. The van der Waals surface area contributed by atoms with Crippen molar-refractivity contribution in [1.82, 2.24) is 0 Å². The van der Waals surface area contributed by atoms with Crippen LogP contribution in [-0.4, -0.2) is 39.7 Å². The number of hydrogen-bond donors (Lipinski definition) is 0. The molecule has 0 aromatic heterocycles. The Bertz CT molecular complexity index is 721. The quantitative estimate of drug-likeness (QED) is 0.576. The molecule has 1 heterocycles. The third-order valence-electron chi connectivity index (χ3n) is 3.30. The summed E-state index contributed by atoms with van der Waals surface area (Å²) in [4.78, 5) is 25.2. The number of ether oxygens (including phenoxy) is 1. The van der Waals surface area contributed by atoms with Gasteiger partial charge in [-0.05, 0) is 18.2 Å². The fraction of sp³-hybridized carbons (Fsp3) is 0.385. The lowest BCUT2D eigenvalue weighted by Gasteiger charge is -2.19. The zero-order valence-corrected chi connectivity index (χ0v) is 14.0. The van der Waals surface area contributed by atoms with Crippen molar-refractivity contribution >= 4 is 43.7 Å². The van der Waals surface area contributed by atoms with Crippen molar-refractivity contribution in [1.29, 1.82) is 0 Å². The molecule has 0 radical (unpaired) electrons. The monoisotopic (exact) mass is 393 g/mol. The fourth-order valence-corrected chi connectivity index (χ4v) is 3.55. The molecule has 6 nitrogen and oxygen atoms in total. The Balaban J connectivity index is 2.34. The minimum atomic E-state index is -4.66. The minimum absolute atomic E-state index is 0.0302. The van der Waals surface area contributed by atoms with Gasteiger partial charge in [0.15, 0.2) is 0 Å². The van der Waals surface area contributed by atoms with Gasteiger partial charge in [0.25, 0.3) is 0 Å². The van der Waals surface area contributed by atoms with Gasteiger partial charge >= 0.3 is 16.2 Å². The first-order chi connectivity index (χ1) is 10.2. The van der Waals surface area contributed by atoms with Gasteiger partial charge in [-0.25, -0.2) is 4.79 Å². The van der Waals surface area contributed by atoms with Gasteiger partial charge in [-0.15, -0.1) is 3.89 Å². The van der Waals surface area contributed by atoms with Crippen molar-refractivity contribution in [2.24, 2.45) is 5.92 Å². The van der Waals surface area contributed by atoms with E-state index in [2.05, 4.69) is 20.7 Å². The number of halogens is 2. The molecule has 1 fully saturated rings. The van der Waals surface area contributed by atoms with Crippen LogP contribution in [0.4, 0.5) is 9.57 Å². The zero-order chi connectivity index (χ0) is 16.5.